The SMILES string of the molecule is Clc1ccc(Cl)nn1.Nc1ccc(Cl)nn1. The van der Waals surface area contributed by atoms with Gasteiger partial charge in [-0.25, -0.2) is 0 Å². The van der Waals surface area contributed by atoms with Crippen LogP contribution in [0.2, 0.25) is 15.5 Å². The van der Waals surface area contributed by atoms with Crippen LogP contribution < -0.4 is 5.73 Å². The Bertz CT molecular complexity index is 345. The summed E-state index contributed by atoms with van der Waals surface area (Å²) in [5.41, 5.74) is 5.19. The molecule has 8 heteroatoms. The maximum absolute atomic E-state index is 5.38. The Kier molecular flexibility index (Phi) is 5.18. The summed E-state index contributed by atoms with van der Waals surface area (Å²) >= 11 is 16.1. The Labute approximate surface area is 107 Å². The number of nitrogens with two attached hydrogens (primary N) is 1. The van der Waals surface area contributed by atoms with Crippen molar-refractivity contribution in [2.45, 2.75) is 0 Å². The van der Waals surface area contributed by atoms with Crippen LogP contribution in [0.3, 0.4) is 0 Å². The first kappa shape index (κ1) is 12.9. The van der Waals surface area contributed by atoms with Crippen LogP contribution in [0.1, 0.15) is 0 Å². The first-order chi connectivity index (χ1) is 7.58. The average molecular weight is 279 g/mol. The van der Waals surface area contributed by atoms with Gasteiger partial charge in [-0.3, -0.25) is 0 Å². The average Bonchev–Trinajstić information content (AvgIpc) is 2.28. The summed E-state index contributed by atoms with van der Waals surface area (Å²) in [5.74, 6) is 0.384. The molecule has 0 saturated heterocycles. The van der Waals surface area contributed by atoms with Gasteiger partial charge in [0.2, 0.25) is 0 Å². The largest absolute Gasteiger partial charge is 0.382 e. The van der Waals surface area contributed by atoms with Gasteiger partial charge in [-0.05, 0) is 24.3 Å². The van der Waals surface area contributed by atoms with Gasteiger partial charge in [-0.15, -0.1) is 20.4 Å². The molecule has 0 aromatic carbocycles. The predicted molar refractivity (Wildman–Crippen MR) is 63.5 cm³/mol. The Hall–Kier alpha value is -1.17. The highest BCUT2D eigenvalue weighted by Crippen LogP contribution is 2.05. The number of rotatable bonds is 0. The molecule has 2 aromatic rings. The summed E-state index contributed by atoms with van der Waals surface area (Å²) < 4.78 is 0. The van der Waals surface area contributed by atoms with E-state index in [2.05, 4.69) is 20.4 Å². The molecular weight excluding hydrogens is 272 g/mol. The van der Waals surface area contributed by atoms with Crippen LogP contribution in [0.15, 0.2) is 24.3 Å². The predicted octanol–water partition coefficient (Wildman–Crippen LogP) is 2.50. The molecule has 0 bridgehead atoms. The molecule has 5 nitrogen and oxygen atoms in total. The Morgan fingerprint density at radius 1 is 0.688 bits per heavy atom. The second kappa shape index (κ2) is 6.42. The van der Waals surface area contributed by atoms with E-state index in [1.165, 1.54) is 0 Å². The molecule has 0 fully saturated rings. The second-order valence-corrected chi connectivity index (χ2v) is 3.62. The standard InChI is InChI=1S/C4H2Cl2N2.C4H4ClN3/c2*5-3-1-2-4(6)8-7-3/h1-2H;1-2H,(H2,6,8). The van der Waals surface area contributed by atoms with Crippen LogP contribution in [0.5, 0.6) is 0 Å². The van der Waals surface area contributed by atoms with Gasteiger partial charge >= 0.3 is 0 Å². The molecule has 2 N–H and O–H groups in total. The number of hydrogen-bond donors (Lipinski definition) is 1. The highest BCUT2D eigenvalue weighted by Gasteiger charge is 1.87. The quantitative estimate of drug-likeness (QED) is 0.801. The van der Waals surface area contributed by atoms with Gasteiger partial charge < -0.3 is 5.73 Å². The van der Waals surface area contributed by atoms with Crippen molar-refractivity contribution in [1.29, 1.82) is 0 Å². The van der Waals surface area contributed by atoms with E-state index in [1.807, 2.05) is 0 Å². The summed E-state index contributed by atoms with van der Waals surface area (Å²) in [6.07, 6.45) is 0. The summed E-state index contributed by atoms with van der Waals surface area (Å²) in [5, 5.41) is 14.9. The minimum Gasteiger partial charge on any atom is -0.382 e. The Morgan fingerprint density at radius 2 is 1.06 bits per heavy atom. The van der Waals surface area contributed by atoms with Crippen molar-refractivity contribution < 1.29 is 0 Å². The zero-order chi connectivity index (χ0) is 12.0. The minimum atomic E-state index is 0.356. The van der Waals surface area contributed by atoms with Crippen LogP contribution in [-0.2, 0) is 0 Å². The number of aromatic nitrogens is 4. The van der Waals surface area contributed by atoms with Crippen molar-refractivity contribution in [1.82, 2.24) is 20.4 Å². The molecule has 0 amide bonds. The lowest BCUT2D eigenvalue weighted by molar-refractivity contribution is 1.03. The van der Waals surface area contributed by atoms with Gasteiger partial charge in [0, 0.05) is 0 Å². The van der Waals surface area contributed by atoms with E-state index >= 15 is 0 Å². The molecule has 0 aliphatic heterocycles. The van der Waals surface area contributed by atoms with E-state index in [1.54, 1.807) is 24.3 Å². The zero-order valence-corrected chi connectivity index (χ0v) is 10.1. The first-order valence-corrected chi connectivity index (χ1v) is 5.11. The molecule has 0 aliphatic carbocycles. The molecular formula is C8H6Cl3N5. The number of nitrogens with zero attached hydrogens (tertiary/aromatic N) is 4. The fourth-order valence-corrected chi connectivity index (χ4v) is 0.928. The smallest absolute Gasteiger partial charge is 0.151 e. The van der Waals surface area contributed by atoms with E-state index in [9.17, 15) is 0 Å². The number of hydrogen-bond acceptors (Lipinski definition) is 5. The molecule has 16 heavy (non-hydrogen) atoms. The van der Waals surface area contributed by atoms with Gasteiger partial charge in [-0.2, -0.15) is 0 Å². The monoisotopic (exact) mass is 277 g/mol. The zero-order valence-electron chi connectivity index (χ0n) is 7.81. The summed E-state index contributed by atoms with van der Waals surface area (Å²) in [7, 11) is 0. The van der Waals surface area contributed by atoms with Gasteiger partial charge in [0.15, 0.2) is 15.5 Å². The molecule has 0 unspecified atom stereocenters. The molecule has 0 spiro atoms. The maximum Gasteiger partial charge on any atom is 0.151 e. The lowest BCUT2D eigenvalue weighted by Crippen LogP contribution is -1.90. The van der Waals surface area contributed by atoms with Crippen LogP contribution in [-0.4, -0.2) is 20.4 Å². The van der Waals surface area contributed by atoms with Crippen molar-refractivity contribution in [3.63, 3.8) is 0 Å². The summed E-state index contributed by atoms with van der Waals surface area (Å²) in [6, 6.07) is 6.34. The van der Waals surface area contributed by atoms with Gasteiger partial charge in [0.25, 0.3) is 0 Å². The highest BCUT2D eigenvalue weighted by atomic mass is 35.5. The minimum absolute atomic E-state index is 0.356. The van der Waals surface area contributed by atoms with E-state index in [0.29, 0.717) is 21.3 Å². The molecule has 0 aliphatic rings. The number of anilines is 1. The van der Waals surface area contributed by atoms with E-state index in [-0.39, 0.29) is 0 Å². The number of halogens is 3. The Balaban J connectivity index is 0.000000160. The van der Waals surface area contributed by atoms with Crippen LogP contribution in [0.25, 0.3) is 0 Å². The lowest BCUT2D eigenvalue weighted by Gasteiger charge is -1.86. The van der Waals surface area contributed by atoms with Crippen molar-refractivity contribution in [3.05, 3.63) is 39.7 Å². The lowest BCUT2D eigenvalue weighted by atomic mass is 10.5. The normalized spacial score (nSPS) is 9.19. The summed E-state index contributed by atoms with van der Waals surface area (Å²) in [4.78, 5) is 0. The van der Waals surface area contributed by atoms with E-state index < -0.39 is 0 Å². The van der Waals surface area contributed by atoms with E-state index in [4.69, 9.17) is 40.5 Å². The molecule has 0 atom stereocenters. The molecule has 0 saturated carbocycles. The molecule has 2 heterocycles. The fraction of sp³-hybridized carbons (Fsp3) is 0. The third-order valence-electron chi connectivity index (χ3n) is 1.25. The first-order valence-electron chi connectivity index (χ1n) is 3.97. The highest BCUT2D eigenvalue weighted by molar-refractivity contribution is 6.31. The van der Waals surface area contributed by atoms with Gasteiger partial charge in [0.1, 0.15) is 5.82 Å². The van der Waals surface area contributed by atoms with Crippen molar-refractivity contribution >= 4 is 40.6 Å². The van der Waals surface area contributed by atoms with Crippen molar-refractivity contribution in [2.75, 3.05) is 5.73 Å². The molecule has 0 radical (unpaired) electrons. The summed E-state index contributed by atoms with van der Waals surface area (Å²) in [6.45, 7) is 0. The molecule has 2 aromatic heterocycles. The maximum atomic E-state index is 5.38. The van der Waals surface area contributed by atoms with Gasteiger partial charge in [0.05, 0.1) is 0 Å². The number of nitrogen functional groups attached to an aromatic ring is 1. The second-order valence-electron chi connectivity index (χ2n) is 2.46. The van der Waals surface area contributed by atoms with Crippen LogP contribution in [0.4, 0.5) is 5.82 Å². The topological polar surface area (TPSA) is 77.6 Å². The van der Waals surface area contributed by atoms with Crippen molar-refractivity contribution in [3.8, 4) is 0 Å². The molecule has 84 valence electrons. The van der Waals surface area contributed by atoms with Crippen LogP contribution >= 0.6 is 34.8 Å². The van der Waals surface area contributed by atoms with Crippen LogP contribution in [0, 0.1) is 0 Å². The van der Waals surface area contributed by atoms with Gasteiger partial charge in [-0.1, -0.05) is 34.8 Å². The fourth-order valence-electron chi connectivity index (χ4n) is 0.626. The third kappa shape index (κ3) is 5.06. The Morgan fingerprint density at radius 3 is 1.31 bits per heavy atom. The van der Waals surface area contributed by atoms with Crippen molar-refractivity contribution in [2.24, 2.45) is 0 Å². The third-order valence-corrected chi connectivity index (χ3v) is 1.86. The van der Waals surface area contributed by atoms with E-state index in [0.717, 1.165) is 0 Å². The molecule has 2 rings (SSSR count).